The number of nitrogens with zero attached hydrogens (tertiary/aromatic N) is 3. The molecule has 0 aromatic carbocycles. The molecule has 0 bridgehead atoms. The minimum absolute atomic E-state index is 0.128. The van der Waals surface area contributed by atoms with Crippen molar-refractivity contribution in [2.24, 2.45) is 0 Å². The molecule has 140 valence electrons. The summed E-state index contributed by atoms with van der Waals surface area (Å²) in [7, 11) is 0. The van der Waals surface area contributed by atoms with Crippen LogP contribution in [0, 0.1) is 0 Å². The zero-order chi connectivity index (χ0) is 18.5. The van der Waals surface area contributed by atoms with Gasteiger partial charge in [0.15, 0.2) is 0 Å². The maximum atomic E-state index is 12.1. The van der Waals surface area contributed by atoms with Gasteiger partial charge in [0.1, 0.15) is 6.10 Å². The molecule has 0 aliphatic heterocycles. The van der Waals surface area contributed by atoms with Crippen molar-refractivity contribution in [3.63, 3.8) is 0 Å². The van der Waals surface area contributed by atoms with Crippen molar-refractivity contribution < 1.29 is 13.9 Å². The Bertz CT molecular complexity index is 871. The van der Waals surface area contributed by atoms with Gasteiger partial charge in [-0.05, 0) is 43.2 Å². The van der Waals surface area contributed by atoms with E-state index >= 15 is 0 Å². The molecule has 1 aliphatic carbocycles. The molecular weight excluding hydrogens is 364 g/mol. The van der Waals surface area contributed by atoms with E-state index < -0.39 is 0 Å². The summed E-state index contributed by atoms with van der Waals surface area (Å²) in [5.74, 6) is 1.40. The monoisotopic (exact) mass is 384 g/mol. The Labute approximate surface area is 160 Å². The minimum Gasteiger partial charge on any atom is -0.474 e. The van der Waals surface area contributed by atoms with Crippen LogP contribution in [0.25, 0.3) is 11.5 Å². The Morgan fingerprint density at radius 2 is 2.15 bits per heavy atom. The third-order valence-electron chi connectivity index (χ3n) is 4.41. The number of thiophene rings is 1. The van der Waals surface area contributed by atoms with Crippen LogP contribution in [0.15, 0.2) is 39.6 Å². The molecule has 4 rings (SSSR count). The van der Waals surface area contributed by atoms with Gasteiger partial charge in [-0.3, -0.25) is 4.79 Å². The first-order valence-electron chi connectivity index (χ1n) is 9.04. The third-order valence-corrected chi connectivity index (χ3v) is 5.09. The van der Waals surface area contributed by atoms with E-state index in [0.29, 0.717) is 29.8 Å². The van der Waals surface area contributed by atoms with Crippen LogP contribution >= 0.6 is 11.3 Å². The second-order valence-electron chi connectivity index (χ2n) is 6.47. The molecule has 8 heteroatoms. The van der Waals surface area contributed by atoms with Crippen molar-refractivity contribution in [1.82, 2.24) is 15.2 Å². The molecule has 1 fully saturated rings. The van der Waals surface area contributed by atoms with Gasteiger partial charge < -0.3 is 14.5 Å². The molecule has 0 spiro atoms. The second-order valence-corrected chi connectivity index (χ2v) is 7.25. The number of pyridine rings is 1. The smallest absolute Gasteiger partial charge is 0.248 e. The summed E-state index contributed by atoms with van der Waals surface area (Å²) >= 11 is 1.57. The lowest BCUT2D eigenvalue weighted by Gasteiger charge is -2.12. The lowest BCUT2D eigenvalue weighted by molar-refractivity contribution is -0.116. The second kappa shape index (κ2) is 8.30. The summed E-state index contributed by atoms with van der Waals surface area (Å²) in [6, 6.07) is 5.51. The Morgan fingerprint density at radius 3 is 2.89 bits per heavy atom. The lowest BCUT2D eigenvalue weighted by Crippen LogP contribution is -2.14. The predicted molar refractivity (Wildman–Crippen MR) is 102 cm³/mol. The number of aryl methyl sites for hydroxylation is 1. The van der Waals surface area contributed by atoms with Gasteiger partial charge in [0.2, 0.25) is 23.6 Å². The van der Waals surface area contributed by atoms with Crippen LogP contribution in [-0.4, -0.2) is 27.2 Å². The summed E-state index contributed by atoms with van der Waals surface area (Å²) in [5, 5.41) is 14.7. The SMILES string of the molecule is O=C(CCc1nnc(-c2ccsc2)o1)Nc1ccc(OC2CCCC2)nc1. The van der Waals surface area contributed by atoms with Gasteiger partial charge in [0.05, 0.1) is 11.9 Å². The van der Waals surface area contributed by atoms with Gasteiger partial charge >= 0.3 is 0 Å². The van der Waals surface area contributed by atoms with Crippen LogP contribution in [-0.2, 0) is 11.2 Å². The zero-order valence-electron chi connectivity index (χ0n) is 14.8. The molecule has 0 saturated heterocycles. The van der Waals surface area contributed by atoms with E-state index in [0.717, 1.165) is 18.4 Å². The van der Waals surface area contributed by atoms with Crippen LogP contribution in [0.1, 0.15) is 38.0 Å². The molecule has 3 aromatic heterocycles. The van der Waals surface area contributed by atoms with Crippen LogP contribution < -0.4 is 10.1 Å². The van der Waals surface area contributed by atoms with Crippen molar-refractivity contribution in [2.45, 2.75) is 44.6 Å². The topological polar surface area (TPSA) is 90.1 Å². The van der Waals surface area contributed by atoms with E-state index in [1.54, 1.807) is 29.7 Å². The summed E-state index contributed by atoms with van der Waals surface area (Å²) in [4.78, 5) is 16.4. The highest BCUT2D eigenvalue weighted by Gasteiger charge is 2.17. The quantitative estimate of drug-likeness (QED) is 0.660. The van der Waals surface area contributed by atoms with Crippen LogP contribution in [0.5, 0.6) is 5.88 Å². The van der Waals surface area contributed by atoms with Crippen molar-refractivity contribution in [1.29, 1.82) is 0 Å². The zero-order valence-corrected chi connectivity index (χ0v) is 15.6. The number of carbonyl (C=O) groups is 1. The lowest BCUT2D eigenvalue weighted by atomic mass is 10.3. The molecule has 0 unspecified atom stereocenters. The molecule has 3 aromatic rings. The maximum absolute atomic E-state index is 12.1. The van der Waals surface area contributed by atoms with Crippen molar-refractivity contribution >= 4 is 22.9 Å². The normalized spacial score (nSPS) is 14.4. The summed E-state index contributed by atoms with van der Waals surface area (Å²) in [5.41, 5.74) is 1.54. The fraction of sp³-hybridized carbons (Fsp3) is 0.368. The molecule has 1 amide bonds. The first kappa shape index (κ1) is 17.7. The molecule has 7 nitrogen and oxygen atoms in total. The van der Waals surface area contributed by atoms with Crippen LogP contribution in [0.3, 0.4) is 0 Å². The number of nitrogens with one attached hydrogen (secondary N) is 1. The molecule has 1 N–H and O–H groups in total. The Hall–Kier alpha value is -2.74. The highest BCUT2D eigenvalue weighted by atomic mass is 32.1. The van der Waals surface area contributed by atoms with Gasteiger partial charge in [0, 0.05) is 29.9 Å². The molecule has 27 heavy (non-hydrogen) atoms. The van der Waals surface area contributed by atoms with Gasteiger partial charge in [-0.15, -0.1) is 10.2 Å². The molecule has 0 radical (unpaired) electrons. The van der Waals surface area contributed by atoms with Crippen molar-refractivity contribution in [3.05, 3.63) is 41.0 Å². The van der Waals surface area contributed by atoms with E-state index in [1.807, 2.05) is 16.8 Å². The van der Waals surface area contributed by atoms with Crippen LogP contribution in [0.4, 0.5) is 5.69 Å². The van der Waals surface area contributed by atoms with E-state index in [9.17, 15) is 4.79 Å². The molecule has 0 atom stereocenters. The van der Waals surface area contributed by atoms with E-state index in [2.05, 4.69) is 20.5 Å². The van der Waals surface area contributed by atoms with Gasteiger partial charge in [-0.1, -0.05) is 0 Å². The Morgan fingerprint density at radius 1 is 1.26 bits per heavy atom. The first-order chi connectivity index (χ1) is 13.3. The average Bonchev–Trinajstić information content (AvgIpc) is 3.44. The first-order valence-corrected chi connectivity index (χ1v) is 9.98. The number of amides is 1. The van der Waals surface area contributed by atoms with E-state index in [-0.39, 0.29) is 18.4 Å². The number of ether oxygens (including phenoxy) is 1. The number of carbonyl (C=O) groups excluding carboxylic acids is 1. The molecular formula is C19H20N4O3S. The fourth-order valence-electron chi connectivity index (χ4n) is 3.00. The summed E-state index contributed by atoms with van der Waals surface area (Å²) < 4.78 is 11.4. The summed E-state index contributed by atoms with van der Waals surface area (Å²) in [6.45, 7) is 0. The number of anilines is 1. The maximum Gasteiger partial charge on any atom is 0.248 e. The largest absolute Gasteiger partial charge is 0.474 e. The van der Waals surface area contributed by atoms with Gasteiger partial charge in [0.25, 0.3) is 0 Å². The van der Waals surface area contributed by atoms with Gasteiger partial charge in [-0.25, -0.2) is 4.98 Å². The highest BCUT2D eigenvalue weighted by Crippen LogP contribution is 2.24. The van der Waals surface area contributed by atoms with E-state index in [1.165, 1.54) is 12.8 Å². The minimum atomic E-state index is -0.128. The number of rotatable bonds is 7. The van der Waals surface area contributed by atoms with Crippen LogP contribution in [0.2, 0.25) is 0 Å². The number of hydrogen-bond acceptors (Lipinski definition) is 7. The highest BCUT2D eigenvalue weighted by molar-refractivity contribution is 7.08. The summed E-state index contributed by atoms with van der Waals surface area (Å²) in [6.07, 6.45) is 7.13. The van der Waals surface area contributed by atoms with E-state index in [4.69, 9.17) is 9.15 Å². The molecule has 1 aliphatic rings. The van der Waals surface area contributed by atoms with Crippen molar-refractivity contribution in [2.75, 3.05) is 5.32 Å². The average molecular weight is 384 g/mol. The van der Waals surface area contributed by atoms with Crippen molar-refractivity contribution in [3.8, 4) is 17.3 Å². The third kappa shape index (κ3) is 4.71. The molecule has 1 saturated carbocycles. The number of hydrogen-bond donors (Lipinski definition) is 1. The number of aromatic nitrogens is 3. The Kier molecular flexibility index (Phi) is 5.43. The van der Waals surface area contributed by atoms with Gasteiger partial charge in [-0.2, -0.15) is 11.3 Å². The molecule has 3 heterocycles. The fourth-order valence-corrected chi connectivity index (χ4v) is 3.63. The standard InChI is InChI=1S/C19H20N4O3S/c24-16(6-8-18-22-23-19(26-18)13-9-10-27-12-13)21-14-5-7-17(20-11-14)25-15-3-1-2-4-15/h5,7,9-12,15H,1-4,6,8H2,(H,21,24). The Balaban J connectivity index is 1.25. The predicted octanol–water partition coefficient (Wildman–Crippen LogP) is 4.09.